The van der Waals surface area contributed by atoms with Crippen molar-refractivity contribution >= 4 is 21.4 Å². The SMILES string of the molecule is O=S(=O)(Nc1cnn2ccccc12)N1CCCC1. The zero-order chi connectivity index (χ0) is 12.6. The van der Waals surface area contributed by atoms with Gasteiger partial charge in [-0.1, -0.05) is 6.07 Å². The van der Waals surface area contributed by atoms with Gasteiger partial charge in [-0.2, -0.15) is 17.8 Å². The molecule has 0 aliphatic carbocycles. The summed E-state index contributed by atoms with van der Waals surface area (Å²) in [4.78, 5) is 0. The lowest BCUT2D eigenvalue weighted by atomic mass is 10.4. The highest BCUT2D eigenvalue weighted by Crippen LogP contribution is 2.20. The van der Waals surface area contributed by atoms with Crippen LogP contribution in [-0.4, -0.2) is 35.4 Å². The highest BCUT2D eigenvalue weighted by molar-refractivity contribution is 7.90. The zero-order valence-electron chi connectivity index (χ0n) is 9.78. The van der Waals surface area contributed by atoms with Crippen LogP contribution in [0, 0.1) is 0 Å². The summed E-state index contributed by atoms with van der Waals surface area (Å²) in [5.74, 6) is 0. The molecule has 0 spiro atoms. The molecule has 0 unspecified atom stereocenters. The van der Waals surface area contributed by atoms with Crippen molar-refractivity contribution in [2.24, 2.45) is 0 Å². The first kappa shape index (κ1) is 11.5. The molecule has 3 rings (SSSR count). The highest BCUT2D eigenvalue weighted by Gasteiger charge is 2.25. The van der Waals surface area contributed by atoms with Crippen molar-refractivity contribution < 1.29 is 8.42 Å². The van der Waals surface area contributed by atoms with Gasteiger partial charge in [0, 0.05) is 19.3 Å². The Balaban J connectivity index is 1.92. The Morgan fingerprint density at radius 3 is 2.78 bits per heavy atom. The lowest BCUT2D eigenvalue weighted by Gasteiger charge is -2.15. The van der Waals surface area contributed by atoms with Crippen LogP contribution in [0.3, 0.4) is 0 Å². The Labute approximate surface area is 105 Å². The molecule has 0 amide bonds. The molecule has 3 heterocycles. The molecule has 1 saturated heterocycles. The van der Waals surface area contributed by atoms with Crippen LogP contribution in [-0.2, 0) is 10.2 Å². The van der Waals surface area contributed by atoms with E-state index in [0.717, 1.165) is 18.4 Å². The Morgan fingerprint density at radius 1 is 1.22 bits per heavy atom. The minimum absolute atomic E-state index is 0.516. The first-order chi connectivity index (χ1) is 8.67. The number of aromatic nitrogens is 2. The minimum atomic E-state index is -3.44. The molecular weight excluding hydrogens is 252 g/mol. The van der Waals surface area contributed by atoms with Gasteiger partial charge in [-0.25, -0.2) is 4.52 Å². The first-order valence-corrected chi connectivity index (χ1v) is 7.31. The summed E-state index contributed by atoms with van der Waals surface area (Å²) in [5, 5.41) is 4.10. The fraction of sp³-hybridized carbons (Fsp3) is 0.364. The van der Waals surface area contributed by atoms with Crippen molar-refractivity contribution in [3.63, 3.8) is 0 Å². The third-order valence-electron chi connectivity index (χ3n) is 3.07. The van der Waals surface area contributed by atoms with Crippen molar-refractivity contribution in [3.8, 4) is 0 Å². The van der Waals surface area contributed by atoms with Gasteiger partial charge in [-0.05, 0) is 25.0 Å². The predicted octanol–water partition coefficient (Wildman–Crippen LogP) is 1.09. The van der Waals surface area contributed by atoms with Crippen LogP contribution in [0.4, 0.5) is 5.69 Å². The minimum Gasteiger partial charge on any atom is -0.267 e. The number of pyridine rings is 1. The van der Waals surface area contributed by atoms with Gasteiger partial charge in [-0.3, -0.25) is 4.72 Å². The van der Waals surface area contributed by atoms with Crippen molar-refractivity contribution in [1.29, 1.82) is 0 Å². The number of nitrogens with zero attached hydrogens (tertiary/aromatic N) is 3. The van der Waals surface area contributed by atoms with Gasteiger partial charge in [0.1, 0.15) is 0 Å². The molecule has 0 saturated carbocycles. The van der Waals surface area contributed by atoms with Gasteiger partial charge >= 0.3 is 10.2 Å². The molecule has 1 fully saturated rings. The zero-order valence-corrected chi connectivity index (χ0v) is 10.6. The second-order valence-electron chi connectivity index (χ2n) is 4.30. The lowest BCUT2D eigenvalue weighted by molar-refractivity contribution is 0.482. The largest absolute Gasteiger partial charge is 0.301 e. The Bertz CT molecular complexity index is 658. The summed E-state index contributed by atoms with van der Waals surface area (Å²) in [6, 6.07) is 5.53. The van der Waals surface area contributed by atoms with Gasteiger partial charge in [0.15, 0.2) is 0 Å². The van der Waals surface area contributed by atoms with E-state index in [0.29, 0.717) is 18.8 Å². The second kappa shape index (κ2) is 4.25. The molecule has 1 N–H and O–H groups in total. The third-order valence-corrected chi connectivity index (χ3v) is 4.59. The van der Waals surface area contributed by atoms with Crippen LogP contribution in [0.5, 0.6) is 0 Å². The van der Waals surface area contributed by atoms with Crippen molar-refractivity contribution in [3.05, 3.63) is 30.6 Å². The number of anilines is 1. The van der Waals surface area contributed by atoms with E-state index in [-0.39, 0.29) is 0 Å². The number of hydrogen-bond donors (Lipinski definition) is 1. The van der Waals surface area contributed by atoms with E-state index < -0.39 is 10.2 Å². The summed E-state index contributed by atoms with van der Waals surface area (Å²) in [5.41, 5.74) is 1.27. The molecular formula is C11H14N4O2S. The van der Waals surface area contributed by atoms with Crippen LogP contribution in [0.25, 0.3) is 5.52 Å². The monoisotopic (exact) mass is 266 g/mol. The Kier molecular flexibility index (Phi) is 2.71. The average Bonchev–Trinajstić information content (AvgIpc) is 2.99. The van der Waals surface area contributed by atoms with Crippen LogP contribution in [0.1, 0.15) is 12.8 Å². The third kappa shape index (κ3) is 1.95. The quantitative estimate of drug-likeness (QED) is 0.904. The summed E-state index contributed by atoms with van der Waals surface area (Å²) in [7, 11) is -3.44. The summed E-state index contributed by atoms with van der Waals surface area (Å²) in [6.45, 7) is 1.18. The fourth-order valence-electron chi connectivity index (χ4n) is 2.15. The molecule has 6 nitrogen and oxygen atoms in total. The smallest absolute Gasteiger partial charge is 0.267 e. The van der Waals surface area contributed by atoms with E-state index in [2.05, 4.69) is 9.82 Å². The summed E-state index contributed by atoms with van der Waals surface area (Å²) >= 11 is 0. The molecule has 0 radical (unpaired) electrons. The van der Waals surface area contributed by atoms with E-state index in [1.165, 1.54) is 10.5 Å². The summed E-state index contributed by atoms with van der Waals surface area (Å²) in [6.07, 6.45) is 5.16. The fourth-order valence-corrected chi connectivity index (χ4v) is 3.45. The van der Waals surface area contributed by atoms with Crippen LogP contribution < -0.4 is 4.72 Å². The van der Waals surface area contributed by atoms with Crippen molar-refractivity contribution in [1.82, 2.24) is 13.9 Å². The molecule has 0 atom stereocenters. The molecule has 0 bridgehead atoms. The Hall–Kier alpha value is -1.60. The second-order valence-corrected chi connectivity index (χ2v) is 5.97. The van der Waals surface area contributed by atoms with Crippen molar-refractivity contribution in [2.45, 2.75) is 12.8 Å². The maximum Gasteiger partial charge on any atom is 0.301 e. The molecule has 18 heavy (non-hydrogen) atoms. The molecule has 7 heteroatoms. The molecule has 0 aromatic carbocycles. The standard InChI is InChI=1S/C11H14N4O2S/c16-18(17,14-6-3-4-7-14)13-10-9-12-15-8-2-1-5-11(10)15/h1-2,5,8-9,13H,3-4,6-7H2. The predicted molar refractivity (Wildman–Crippen MR) is 68.5 cm³/mol. The van der Waals surface area contributed by atoms with E-state index in [4.69, 9.17) is 0 Å². The van der Waals surface area contributed by atoms with E-state index in [1.807, 2.05) is 18.2 Å². The molecule has 1 aliphatic rings. The highest BCUT2D eigenvalue weighted by atomic mass is 32.2. The van der Waals surface area contributed by atoms with Crippen LogP contribution in [0.2, 0.25) is 0 Å². The first-order valence-electron chi connectivity index (χ1n) is 5.87. The maximum atomic E-state index is 12.1. The topological polar surface area (TPSA) is 66.7 Å². The summed E-state index contributed by atoms with van der Waals surface area (Å²) < 4.78 is 30.0. The molecule has 96 valence electrons. The normalized spacial score (nSPS) is 17.3. The van der Waals surface area contributed by atoms with Gasteiger partial charge in [0.25, 0.3) is 0 Å². The van der Waals surface area contributed by atoms with E-state index >= 15 is 0 Å². The van der Waals surface area contributed by atoms with Crippen LogP contribution >= 0.6 is 0 Å². The van der Waals surface area contributed by atoms with Crippen molar-refractivity contribution in [2.75, 3.05) is 17.8 Å². The molecule has 1 aliphatic heterocycles. The van der Waals surface area contributed by atoms with Gasteiger partial charge in [-0.15, -0.1) is 0 Å². The number of rotatable bonds is 3. The number of nitrogens with one attached hydrogen (secondary N) is 1. The van der Waals surface area contributed by atoms with Gasteiger partial charge < -0.3 is 0 Å². The Morgan fingerprint density at radius 2 is 2.00 bits per heavy atom. The van der Waals surface area contributed by atoms with Gasteiger partial charge in [0.2, 0.25) is 0 Å². The van der Waals surface area contributed by atoms with Gasteiger partial charge in [0.05, 0.1) is 17.4 Å². The van der Waals surface area contributed by atoms with E-state index in [1.54, 1.807) is 10.7 Å². The number of fused-ring (bicyclic) bond motifs is 1. The maximum absolute atomic E-state index is 12.1. The molecule has 2 aromatic rings. The lowest BCUT2D eigenvalue weighted by Crippen LogP contribution is -2.33. The average molecular weight is 266 g/mol. The molecule has 2 aromatic heterocycles. The number of hydrogen-bond acceptors (Lipinski definition) is 3. The van der Waals surface area contributed by atoms with E-state index in [9.17, 15) is 8.42 Å². The van der Waals surface area contributed by atoms with Crippen LogP contribution in [0.15, 0.2) is 30.6 Å².